The van der Waals surface area contributed by atoms with E-state index in [1.54, 1.807) is 4.90 Å². The van der Waals surface area contributed by atoms with Crippen molar-refractivity contribution in [3.05, 3.63) is 66.2 Å². The van der Waals surface area contributed by atoms with E-state index in [0.29, 0.717) is 0 Å². The minimum absolute atomic E-state index is 0.0731. The number of amides is 1. The Morgan fingerprint density at radius 1 is 0.950 bits per heavy atom. The molecule has 20 heavy (non-hydrogen) atoms. The molecule has 1 heterocycles. The molecule has 0 bridgehead atoms. The number of Topliss-reactive ketones (excluding diaryl/α,β-unsaturated/α-hetero) is 1. The second kappa shape index (κ2) is 4.93. The summed E-state index contributed by atoms with van der Waals surface area (Å²) in [4.78, 5) is 25.8. The van der Waals surface area contributed by atoms with Crippen molar-refractivity contribution in [2.45, 2.75) is 13.0 Å². The monoisotopic (exact) mass is 265 g/mol. The third kappa shape index (κ3) is 1.92. The van der Waals surface area contributed by atoms with E-state index >= 15 is 0 Å². The van der Waals surface area contributed by atoms with Crippen molar-refractivity contribution in [1.82, 2.24) is 0 Å². The van der Waals surface area contributed by atoms with Crippen LogP contribution in [0.3, 0.4) is 0 Å². The lowest BCUT2D eigenvalue weighted by atomic mass is 9.79. The average molecular weight is 265 g/mol. The number of hydrogen-bond acceptors (Lipinski definition) is 2. The Balaban J connectivity index is 2.02. The number of carbonyl (C=O) groups excluding carboxylic acids is 2. The van der Waals surface area contributed by atoms with Crippen LogP contribution in [-0.4, -0.2) is 11.7 Å². The van der Waals surface area contributed by atoms with Crippen molar-refractivity contribution in [3.8, 4) is 0 Å². The number of hydrogen-bond donors (Lipinski definition) is 0. The van der Waals surface area contributed by atoms with Crippen molar-refractivity contribution in [2.24, 2.45) is 5.92 Å². The van der Waals surface area contributed by atoms with Gasteiger partial charge in [-0.1, -0.05) is 48.5 Å². The Bertz CT molecular complexity index is 637. The highest BCUT2D eigenvalue weighted by molar-refractivity contribution is 6.15. The van der Waals surface area contributed by atoms with Crippen molar-refractivity contribution in [3.63, 3.8) is 0 Å². The van der Waals surface area contributed by atoms with Gasteiger partial charge in [0.25, 0.3) is 0 Å². The molecule has 2 aromatic rings. The molecule has 0 aliphatic carbocycles. The Morgan fingerprint density at radius 2 is 1.50 bits per heavy atom. The van der Waals surface area contributed by atoms with Crippen LogP contribution < -0.4 is 4.90 Å². The van der Waals surface area contributed by atoms with Crippen LogP contribution in [0.4, 0.5) is 5.69 Å². The number of ketones is 1. The van der Waals surface area contributed by atoms with Gasteiger partial charge in [0.15, 0.2) is 0 Å². The zero-order valence-electron chi connectivity index (χ0n) is 11.2. The van der Waals surface area contributed by atoms with Gasteiger partial charge in [0.2, 0.25) is 5.91 Å². The van der Waals surface area contributed by atoms with Crippen molar-refractivity contribution in [2.75, 3.05) is 4.90 Å². The van der Waals surface area contributed by atoms with E-state index in [0.717, 1.165) is 11.3 Å². The van der Waals surface area contributed by atoms with Gasteiger partial charge in [-0.3, -0.25) is 9.59 Å². The van der Waals surface area contributed by atoms with Crippen LogP contribution in [0, 0.1) is 5.92 Å². The summed E-state index contributed by atoms with van der Waals surface area (Å²) in [7, 11) is 0. The second-order valence-electron chi connectivity index (χ2n) is 4.99. The van der Waals surface area contributed by atoms with E-state index in [4.69, 9.17) is 0 Å². The summed E-state index contributed by atoms with van der Waals surface area (Å²) in [6, 6.07) is 19.0. The molecular formula is C17H15NO2. The van der Waals surface area contributed by atoms with E-state index < -0.39 is 5.92 Å². The zero-order chi connectivity index (χ0) is 14.1. The molecule has 1 fully saturated rings. The number of anilines is 1. The predicted molar refractivity (Wildman–Crippen MR) is 77.3 cm³/mol. The molecule has 1 saturated heterocycles. The van der Waals surface area contributed by atoms with Crippen molar-refractivity contribution in [1.29, 1.82) is 0 Å². The lowest BCUT2D eigenvalue weighted by Gasteiger charge is -2.46. The summed E-state index contributed by atoms with van der Waals surface area (Å²) in [5.41, 5.74) is 1.83. The first kappa shape index (κ1) is 12.6. The van der Waals surface area contributed by atoms with E-state index in [1.807, 2.05) is 60.7 Å². The summed E-state index contributed by atoms with van der Waals surface area (Å²) >= 11 is 0. The van der Waals surface area contributed by atoms with E-state index in [2.05, 4.69) is 0 Å². The molecule has 3 rings (SSSR count). The van der Waals surface area contributed by atoms with Gasteiger partial charge < -0.3 is 4.90 Å². The molecule has 3 heteroatoms. The van der Waals surface area contributed by atoms with Crippen LogP contribution in [0.2, 0.25) is 0 Å². The molecule has 0 spiro atoms. The first-order chi connectivity index (χ1) is 9.70. The molecule has 0 radical (unpaired) electrons. The van der Waals surface area contributed by atoms with Crippen molar-refractivity contribution >= 4 is 17.4 Å². The first-order valence-corrected chi connectivity index (χ1v) is 6.63. The highest BCUT2D eigenvalue weighted by Gasteiger charge is 2.51. The molecule has 0 unspecified atom stereocenters. The summed E-state index contributed by atoms with van der Waals surface area (Å²) in [6.07, 6.45) is 0. The van der Waals surface area contributed by atoms with Gasteiger partial charge >= 0.3 is 0 Å². The van der Waals surface area contributed by atoms with Crippen LogP contribution in [0.25, 0.3) is 0 Å². The molecule has 1 aliphatic rings. The Kier molecular flexibility index (Phi) is 3.11. The van der Waals surface area contributed by atoms with Gasteiger partial charge in [0, 0.05) is 5.69 Å². The van der Waals surface area contributed by atoms with Gasteiger partial charge in [0.1, 0.15) is 11.7 Å². The van der Waals surface area contributed by atoms with Gasteiger partial charge in [-0.05, 0) is 24.6 Å². The third-order valence-corrected chi connectivity index (χ3v) is 3.71. The van der Waals surface area contributed by atoms with E-state index in [1.165, 1.54) is 6.92 Å². The second-order valence-corrected chi connectivity index (χ2v) is 4.99. The Hall–Kier alpha value is -2.42. The molecule has 3 nitrogen and oxygen atoms in total. The van der Waals surface area contributed by atoms with Gasteiger partial charge in [0.05, 0.1) is 6.04 Å². The van der Waals surface area contributed by atoms with Crippen molar-refractivity contribution < 1.29 is 9.59 Å². The number of β-lactam (4-membered cyclic amide) rings is 1. The molecule has 0 saturated carbocycles. The topological polar surface area (TPSA) is 37.4 Å². The highest BCUT2D eigenvalue weighted by atomic mass is 16.2. The molecule has 0 aromatic heterocycles. The molecule has 100 valence electrons. The van der Waals surface area contributed by atoms with E-state index in [9.17, 15) is 9.59 Å². The van der Waals surface area contributed by atoms with Crippen LogP contribution >= 0.6 is 0 Å². The standard InChI is InChI=1S/C17H15NO2/c1-12(19)15-16(13-8-4-2-5-9-13)18(17(15)20)14-10-6-3-7-11-14/h2-11,15-16H,1H3/t15-,16+/m1/s1. The van der Waals surface area contributed by atoms with Crippen LogP contribution in [0.15, 0.2) is 60.7 Å². The summed E-state index contributed by atoms with van der Waals surface area (Å²) < 4.78 is 0. The lowest BCUT2D eigenvalue weighted by Crippen LogP contribution is -2.57. The maximum Gasteiger partial charge on any atom is 0.240 e. The number of rotatable bonds is 3. The summed E-state index contributed by atoms with van der Waals surface area (Å²) in [6.45, 7) is 1.49. The maximum atomic E-state index is 12.3. The fraction of sp³-hybridized carbons (Fsp3) is 0.176. The van der Waals surface area contributed by atoms with Gasteiger partial charge in [-0.15, -0.1) is 0 Å². The summed E-state index contributed by atoms with van der Waals surface area (Å²) in [5, 5.41) is 0. The first-order valence-electron chi connectivity index (χ1n) is 6.63. The highest BCUT2D eigenvalue weighted by Crippen LogP contribution is 2.43. The van der Waals surface area contributed by atoms with Gasteiger partial charge in [-0.2, -0.15) is 0 Å². The molecule has 1 aliphatic heterocycles. The molecule has 2 atom stereocenters. The maximum absolute atomic E-state index is 12.3. The predicted octanol–water partition coefficient (Wildman–Crippen LogP) is 2.98. The molecular weight excluding hydrogens is 250 g/mol. The van der Waals surface area contributed by atoms with E-state index in [-0.39, 0.29) is 17.7 Å². The largest absolute Gasteiger partial charge is 0.303 e. The fourth-order valence-electron chi connectivity index (χ4n) is 2.75. The average Bonchev–Trinajstić information content (AvgIpc) is 2.46. The minimum atomic E-state index is -0.558. The smallest absolute Gasteiger partial charge is 0.240 e. The zero-order valence-corrected chi connectivity index (χ0v) is 11.2. The minimum Gasteiger partial charge on any atom is -0.303 e. The third-order valence-electron chi connectivity index (χ3n) is 3.71. The number of carbonyl (C=O) groups is 2. The Labute approximate surface area is 117 Å². The SMILES string of the molecule is CC(=O)[C@H]1C(=O)N(c2ccccc2)[C@H]1c1ccccc1. The quantitative estimate of drug-likeness (QED) is 0.632. The van der Waals surface area contributed by atoms with Crippen LogP contribution in [-0.2, 0) is 9.59 Å². The number of nitrogens with zero attached hydrogens (tertiary/aromatic N) is 1. The Morgan fingerprint density at radius 3 is 2.05 bits per heavy atom. The molecule has 1 amide bonds. The van der Waals surface area contributed by atoms with Crippen LogP contribution in [0.1, 0.15) is 18.5 Å². The number of benzene rings is 2. The van der Waals surface area contributed by atoms with Gasteiger partial charge in [-0.25, -0.2) is 0 Å². The normalized spacial score (nSPS) is 21.4. The number of para-hydroxylation sites is 1. The molecule has 0 N–H and O–H groups in total. The lowest BCUT2D eigenvalue weighted by molar-refractivity contribution is -0.138. The fourth-order valence-corrected chi connectivity index (χ4v) is 2.75. The molecule has 2 aromatic carbocycles. The summed E-state index contributed by atoms with van der Waals surface area (Å²) in [5.74, 6) is -0.744. The van der Waals surface area contributed by atoms with Crippen LogP contribution in [0.5, 0.6) is 0 Å².